The largest absolute Gasteiger partial charge is 0.504 e. The smallest absolute Gasteiger partial charge is 0.305 e. The molecule has 156 valence electrons. The lowest BCUT2D eigenvalue weighted by Crippen LogP contribution is -2.20. The summed E-state index contributed by atoms with van der Waals surface area (Å²) in [5, 5.41) is 39.3. The number of carbonyl (C=O) groups is 2. The molecule has 0 saturated carbocycles. The first-order valence-corrected chi connectivity index (χ1v) is 8.95. The van der Waals surface area contributed by atoms with E-state index in [-0.39, 0.29) is 30.0 Å². The highest BCUT2D eigenvalue weighted by Crippen LogP contribution is 2.29. The summed E-state index contributed by atoms with van der Waals surface area (Å²) in [6.07, 6.45) is 0.0698. The molecule has 0 spiro atoms. The predicted octanol–water partition coefficient (Wildman–Crippen LogP) is 1.81. The number of aliphatic carboxylic acids is 1. The molecule has 4 N–H and O–H groups in total. The number of phenolic OH excluding ortho intramolecular Hbond substituents is 1. The number of hydrogen-bond acceptors (Lipinski definition) is 7. The van der Waals surface area contributed by atoms with Crippen molar-refractivity contribution in [2.45, 2.75) is 19.1 Å². The number of aromatic nitrogens is 3. The van der Waals surface area contributed by atoms with Crippen molar-refractivity contribution in [3.8, 4) is 22.8 Å². The Bertz CT molecular complexity index is 1060. The van der Waals surface area contributed by atoms with Gasteiger partial charge in [-0.05, 0) is 29.8 Å². The molecule has 0 saturated heterocycles. The van der Waals surface area contributed by atoms with E-state index in [4.69, 9.17) is 9.84 Å². The number of aliphatic hydroxyl groups excluding tert-OH is 1. The van der Waals surface area contributed by atoms with Gasteiger partial charge in [-0.3, -0.25) is 14.3 Å². The van der Waals surface area contributed by atoms with Gasteiger partial charge in [0.05, 0.1) is 26.3 Å². The third kappa shape index (κ3) is 4.92. The van der Waals surface area contributed by atoms with Gasteiger partial charge in [-0.2, -0.15) is 0 Å². The van der Waals surface area contributed by atoms with Crippen molar-refractivity contribution in [1.82, 2.24) is 15.0 Å². The number of aromatic hydroxyl groups is 1. The zero-order chi connectivity index (χ0) is 21.7. The second-order valence-corrected chi connectivity index (χ2v) is 6.41. The number of amides is 1. The first-order chi connectivity index (χ1) is 14.4. The number of carboxylic acid groups (broad SMARTS) is 1. The Morgan fingerprint density at radius 2 is 2.03 bits per heavy atom. The Morgan fingerprint density at radius 3 is 2.77 bits per heavy atom. The molecule has 10 heteroatoms. The third-order valence-electron chi connectivity index (χ3n) is 4.29. The number of aliphatic hydroxyl groups is 1. The van der Waals surface area contributed by atoms with Crippen molar-refractivity contribution in [1.29, 1.82) is 0 Å². The van der Waals surface area contributed by atoms with Crippen LogP contribution in [0.4, 0.5) is 5.69 Å². The van der Waals surface area contributed by atoms with Crippen LogP contribution >= 0.6 is 0 Å². The van der Waals surface area contributed by atoms with Crippen LogP contribution in [-0.4, -0.2) is 49.3 Å². The van der Waals surface area contributed by atoms with Crippen molar-refractivity contribution >= 4 is 17.6 Å². The number of rotatable bonds is 8. The number of carboxylic acids is 1. The molecule has 1 amide bonds. The molecule has 30 heavy (non-hydrogen) atoms. The van der Waals surface area contributed by atoms with Gasteiger partial charge in [0.2, 0.25) is 0 Å². The molecule has 1 atom stereocenters. The summed E-state index contributed by atoms with van der Waals surface area (Å²) in [6, 6.07) is 10.9. The molecular formula is C20H20N4O6. The fraction of sp³-hybridized carbons (Fsp3) is 0.200. The fourth-order valence-corrected chi connectivity index (χ4v) is 2.73. The van der Waals surface area contributed by atoms with Crippen molar-refractivity contribution in [3.05, 3.63) is 54.2 Å². The number of hydrogen-bond donors (Lipinski definition) is 4. The van der Waals surface area contributed by atoms with Crippen LogP contribution in [0.5, 0.6) is 11.5 Å². The van der Waals surface area contributed by atoms with E-state index in [0.29, 0.717) is 16.9 Å². The van der Waals surface area contributed by atoms with Crippen LogP contribution in [0.1, 0.15) is 18.1 Å². The standard InChI is InChI=1S/C20H20N4O6/c1-30-17-10-13(5-6-16(17)25)19(28)20(29)21-14-4-2-3-12(9-14)15-11-24(23-22-15)8-7-18(26)27/h2-6,9-11,19,25,28H,7-8H2,1H3,(H,21,29)(H,26,27). The van der Waals surface area contributed by atoms with E-state index in [1.807, 2.05) is 0 Å². The topological polar surface area (TPSA) is 147 Å². The minimum atomic E-state index is -1.47. The van der Waals surface area contributed by atoms with Crippen LogP contribution < -0.4 is 10.1 Å². The number of benzene rings is 2. The van der Waals surface area contributed by atoms with Gasteiger partial charge in [0.25, 0.3) is 5.91 Å². The molecule has 3 rings (SSSR count). The van der Waals surface area contributed by atoms with E-state index < -0.39 is 18.0 Å². The minimum Gasteiger partial charge on any atom is -0.504 e. The summed E-state index contributed by atoms with van der Waals surface area (Å²) in [7, 11) is 1.37. The molecule has 0 aliphatic heterocycles. The highest BCUT2D eigenvalue weighted by atomic mass is 16.5. The molecule has 0 aliphatic carbocycles. The van der Waals surface area contributed by atoms with E-state index in [1.165, 1.54) is 30.0 Å². The molecule has 1 aromatic heterocycles. The lowest BCUT2D eigenvalue weighted by atomic mass is 10.1. The first kappa shape index (κ1) is 20.8. The van der Waals surface area contributed by atoms with Crippen LogP contribution in [-0.2, 0) is 16.1 Å². The maximum Gasteiger partial charge on any atom is 0.305 e. The number of methoxy groups -OCH3 is 1. The molecule has 0 radical (unpaired) electrons. The Hall–Kier alpha value is -3.92. The van der Waals surface area contributed by atoms with E-state index in [0.717, 1.165) is 0 Å². The van der Waals surface area contributed by atoms with Crippen molar-refractivity contribution in [3.63, 3.8) is 0 Å². The van der Waals surface area contributed by atoms with Crippen LogP contribution in [0.3, 0.4) is 0 Å². The van der Waals surface area contributed by atoms with Gasteiger partial charge >= 0.3 is 5.97 Å². The van der Waals surface area contributed by atoms with Gasteiger partial charge in [0, 0.05) is 11.3 Å². The number of nitrogens with zero attached hydrogens (tertiary/aromatic N) is 3. The highest BCUT2D eigenvalue weighted by Gasteiger charge is 2.19. The molecule has 0 aliphatic rings. The molecule has 2 aromatic carbocycles. The zero-order valence-corrected chi connectivity index (χ0v) is 16.0. The van der Waals surface area contributed by atoms with Crippen LogP contribution in [0, 0.1) is 0 Å². The van der Waals surface area contributed by atoms with Gasteiger partial charge < -0.3 is 25.4 Å². The Morgan fingerprint density at radius 1 is 1.23 bits per heavy atom. The Balaban J connectivity index is 1.72. The molecular weight excluding hydrogens is 392 g/mol. The van der Waals surface area contributed by atoms with E-state index in [1.54, 1.807) is 30.5 Å². The molecule has 0 bridgehead atoms. The normalized spacial score (nSPS) is 11.7. The molecule has 10 nitrogen and oxygen atoms in total. The first-order valence-electron chi connectivity index (χ1n) is 8.95. The fourth-order valence-electron chi connectivity index (χ4n) is 2.73. The number of phenols is 1. The van der Waals surface area contributed by atoms with Crippen molar-refractivity contribution < 1.29 is 29.6 Å². The van der Waals surface area contributed by atoms with E-state index in [2.05, 4.69) is 15.6 Å². The van der Waals surface area contributed by atoms with Gasteiger partial charge in [-0.1, -0.05) is 23.4 Å². The SMILES string of the molecule is COc1cc(C(O)C(=O)Nc2cccc(-c3cn(CCC(=O)O)nn3)c2)ccc1O. The molecule has 1 heterocycles. The summed E-state index contributed by atoms with van der Waals surface area (Å²) < 4.78 is 6.42. The maximum absolute atomic E-state index is 12.4. The minimum absolute atomic E-state index is 0.0706. The summed E-state index contributed by atoms with van der Waals surface area (Å²) in [6.45, 7) is 0.195. The van der Waals surface area contributed by atoms with Crippen LogP contribution in [0.25, 0.3) is 11.3 Å². The van der Waals surface area contributed by atoms with Gasteiger partial charge in [-0.15, -0.1) is 5.10 Å². The second kappa shape index (κ2) is 9.05. The molecule has 1 unspecified atom stereocenters. The average Bonchev–Trinajstić information content (AvgIpc) is 3.21. The Kier molecular flexibility index (Phi) is 6.28. The molecule has 3 aromatic rings. The number of anilines is 1. The number of nitrogens with one attached hydrogen (secondary N) is 1. The number of ether oxygens (including phenoxy) is 1. The number of carbonyl (C=O) groups excluding carboxylic acids is 1. The van der Waals surface area contributed by atoms with Gasteiger partial charge in [0.15, 0.2) is 17.6 Å². The third-order valence-corrected chi connectivity index (χ3v) is 4.29. The summed E-state index contributed by atoms with van der Waals surface area (Å²) in [5.74, 6) is -1.54. The monoisotopic (exact) mass is 412 g/mol. The maximum atomic E-state index is 12.4. The van der Waals surface area contributed by atoms with Crippen molar-refractivity contribution in [2.24, 2.45) is 0 Å². The van der Waals surface area contributed by atoms with Crippen LogP contribution in [0.2, 0.25) is 0 Å². The average molecular weight is 412 g/mol. The summed E-state index contributed by atoms with van der Waals surface area (Å²) >= 11 is 0. The lowest BCUT2D eigenvalue weighted by Gasteiger charge is -2.13. The summed E-state index contributed by atoms with van der Waals surface area (Å²) in [4.78, 5) is 23.1. The van der Waals surface area contributed by atoms with Gasteiger partial charge in [-0.25, -0.2) is 0 Å². The van der Waals surface area contributed by atoms with E-state index >= 15 is 0 Å². The van der Waals surface area contributed by atoms with Crippen molar-refractivity contribution in [2.75, 3.05) is 12.4 Å². The summed E-state index contributed by atoms with van der Waals surface area (Å²) in [5.41, 5.74) is 1.87. The van der Waals surface area contributed by atoms with E-state index in [9.17, 15) is 19.8 Å². The number of aryl methyl sites for hydroxylation is 1. The Labute approximate surface area is 171 Å². The van der Waals surface area contributed by atoms with Crippen LogP contribution in [0.15, 0.2) is 48.7 Å². The van der Waals surface area contributed by atoms with Gasteiger partial charge in [0.1, 0.15) is 5.69 Å². The zero-order valence-electron chi connectivity index (χ0n) is 16.0. The highest BCUT2D eigenvalue weighted by molar-refractivity contribution is 5.95. The lowest BCUT2D eigenvalue weighted by molar-refractivity contribution is -0.137. The second-order valence-electron chi connectivity index (χ2n) is 6.41. The molecule has 0 fully saturated rings. The quantitative estimate of drug-likeness (QED) is 0.438. The predicted molar refractivity (Wildman–Crippen MR) is 106 cm³/mol.